The quantitative estimate of drug-likeness (QED) is 0.675. The molecule has 0 spiro atoms. The van der Waals surface area contributed by atoms with Gasteiger partial charge in [0.25, 0.3) is 5.56 Å². The molecule has 0 saturated carbocycles. The van der Waals surface area contributed by atoms with Crippen molar-refractivity contribution in [3.63, 3.8) is 0 Å². The summed E-state index contributed by atoms with van der Waals surface area (Å²) in [4.78, 5) is 23.4. The average Bonchev–Trinajstić information content (AvgIpc) is 2.94. The molecule has 0 aliphatic heterocycles. The molecule has 0 bridgehead atoms. The van der Waals surface area contributed by atoms with Crippen molar-refractivity contribution in [1.82, 2.24) is 29.4 Å². The van der Waals surface area contributed by atoms with Gasteiger partial charge < -0.3 is 9.88 Å². The van der Waals surface area contributed by atoms with Crippen LogP contribution in [0.1, 0.15) is 12.0 Å². The first-order chi connectivity index (χ1) is 9.59. The topological polar surface area (TPSA) is 86.7 Å². The highest BCUT2D eigenvalue weighted by Gasteiger charge is 2.05. The summed E-state index contributed by atoms with van der Waals surface area (Å²) in [5, 5.41) is 10.8. The molecule has 0 aliphatic rings. The Labute approximate surface area is 115 Å². The van der Waals surface area contributed by atoms with Crippen LogP contribution in [0, 0.1) is 0 Å². The highest BCUT2D eigenvalue weighted by atomic mass is 16.2. The van der Waals surface area contributed by atoms with Gasteiger partial charge in [-0.25, -0.2) is 4.79 Å². The first-order valence-electron chi connectivity index (χ1n) is 6.40. The van der Waals surface area contributed by atoms with Crippen molar-refractivity contribution in [2.24, 2.45) is 14.1 Å². The van der Waals surface area contributed by atoms with E-state index in [1.54, 1.807) is 24.1 Å². The van der Waals surface area contributed by atoms with Crippen molar-refractivity contribution in [2.45, 2.75) is 19.5 Å². The van der Waals surface area contributed by atoms with Crippen molar-refractivity contribution in [3.05, 3.63) is 45.0 Å². The van der Waals surface area contributed by atoms with E-state index in [0.717, 1.165) is 24.1 Å². The summed E-state index contributed by atoms with van der Waals surface area (Å²) in [5.41, 5.74) is 0.0113. The zero-order valence-electron chi connectivity index (χ0n) is 11.6. The van der Waals surface area contributed by atoms with Gasteiger partial charge in [0.05, 0.1) is 6.20 Å². The van der Waals surface area contributed by atoms with Gasteiger partial charge in [-0.15, -0.1) is 5.10 Å². The van der Waals surface area contributed by atoms with Crippen LogP contribution in [-0.4, -0.2) is 30.7 Å². The van der Waals surface area contributed by atoms with Gasteiger partial charge in [0, 0.05) is 45.1 Å². The summed E-state index contributed by atoms with van der Waals surface area (Å²) >= 11 is 0. The number of aromatic nitrogens is 5. The van der Waals surface area contributed by atoms with Gasteiger partial charge in [-0.1, -0.05) is 5.21 Å². The molecule has 0 fully saturated rings. The number of rotatable bonds is 6. The largest absolute Gasteiger partial charge is 0.330 e. The summed E-state index contributed by atoms with van der Waals surface area (Å²) in [5.74, 6) is 0. The second kappa shape index (κ2) is 6.29. The molecule has 2 aromatic heterocycles. The van der Waals surface area contributed by atoms with Crippen molar-refractivity contribution in [1.29, 1.82) is 0 Å². The van der Waals surface area contributed by atoms with Crippen molar-refractivity contribution in [2.75, 3.05) is 6.54 Å². The third kappa shape index (κ3) is 3.21. The summed E-state index contributed by atoms with van der Waals surface area (Å²) in [6.07, 6.45) is 5.91. The Kier molecular flexibility index (Phi) is 4.46. The molecule has 2 heterocycles. The molecule has 8 heteroatoms. The molecule has 0 aromatic carbocycles. The van der Waals surface area contributed by atoms with Crippen LogP contribution in [0.2, 0.25) is 0 Å². The van der Waals surface area contributed by atoms with E-state index >= 15 is 0 Å². The van der Waals surface area contributed by atoms with Crippen molar-refractivity contribution < 1.29 is 0 Å². The Hall–Kier alpha value is -2.22. The molecule has 0 atom stereocenters. The maximum Gasteiger partial charge on any atom is 0.330 e. The zero-order valence-corrected chi connectivity index (χ0v) is 11.6. The van der Waals surface area contributed by atoms with Crippen LogP contribution >= 0.6 is 0 Å². The molecule has 0 aliphatic carbocycles. The van der Waals surface area contributed by atoms with Crippen molar-refractivity contribution in [3.8, 4) is 0 Å². The van der Waals surface area contributed by atoms with Crippen LogP contribution in [0.5, 0.6) is 0 Å². The fraction of sp³-hybridized carbons (Fsp3) is 0.500. The maximum absolute atomic E-state index is 11.9. The third-order valence-electron chi connectivity index (χ3n) is 3.05. The highest BCUT2D eigenvalue weighted by Crippen LogP contribution is 1.89. The van der Waals surface area contributed by atoms with E-state index in [2.05, 4.69) is 15.6 Å². The van der Waals surface area contributed by atoms with Gasteiger partial charge in [-0.05, 0) is 13.0 Å². The highest BCUT2D eigenvalue weighted by molar-refractivity contribution is 5.05. The number of nitrogens with one attached hydrogen (secondary N) is 1. The molecule has 2 rings (SSSR count). The lowest BCUT2D eigenvalue weighted by molar-refractivity contribution is 0.527. The molecule has 108 valence electrons. The normalized spacial score (nSPS) is 10.9. The SMILES string of the molecule is Cn1cc(CNCCCn2ccnn2)c(=O)n(C)c1=O. The first-order valence-corrected chi connectivity index (χ1v) is 6.40. The summed E-state index contributed by atoms with van der Waals surface area (Å²) in [7, 11) is 3.12. The molecule has 8 nitrogen and oxygen atoms in total. The Morgan fingerprint density at radius 1 is 1.30 bits per heavy atom. The van der Waals surface area contributed by atoms with Gasteiger partial charge in [0.2, 0.25) is 0 Å². The monoisotopic (exact) mass is 278 g/mol. The summed E-state index contributed by atoms with van der Waals surface area (Å²) in [6.45, 7) is 1.97. The lowest BCUT2D eigenvalue weighted by atomic mass is 10.3. The molecule has 0 unspecified atom stereocenters. The predicted molar refractivity (Wildman–Crippen MR) is 73.3 cm³/mol. The van der Waals surface area contributed by atoms with Gasteiger partial charge >= 0.3 is 5.69 Å². The minimum atomic E-state index is -0.315. The fourth-order valence-electron chi connectivity index (χ4n) is 1.95. The third-order valence-corrected chi connectivity index (χ3v) is 3.05. The maximum atomic E-state index is 11.9. The number of aryl methyl sites for hydroxylation is 2. The molecule has 0 amide bonds. The minimum absolute atomic E-state index is 0.253. The summed E-state index contributed by atoms with van der Waals surface area (Å²) < 4.78 is 4.28. The first kappa shape index (κ1) is 14.2. The Balaban J connectivity index is 1.85. The smallest absolute Gasteiger partial charge is 0.312 e. The second-order valence-corrected chi connectivity index (χ2v) is 4.61. The van der Waals surface area contributed by atoms with Gasteiger partial charge in [-0.2, -0.15) is 0 Å². The molecule has 2 aromatic rings. The van der Waals surface area contributed by atoms with Crippen LogP contribution in [-0.2, 0) is 27.2 Å². The van der Waals surface area contributed by atoms with E-state index in [1.165, 1.54) is 11.6 Å². The Morgan fingerprint density at radius 2 is 2.10 bits per heavy atom. The molecule has 0 saturated heterocycles. The van der Waals surface area contributed by atoms with Crippen LogP contribution in [0.15, 0.2) is 28.2 Å². The second-order valence-electron chi connectivity index (χ2n) is 4.61. The standard InChI is InChI=1S/C12H18N6O2/c1-16-9-10(11(19)17(2)12(16)20)8-13-4-3-6-18-7-5-14-15-18/h5,7,9,13H,3-4,6,8H2,1-2H3. The van der Waals surface area contributed by atoms with Crippen LogP contribution in [0.25, 0.3) is 0 Å². The van der Waals surface area contributed by atoms with E-state index in [-0.39, 0.29) is 11.2 Å². The van der Waals surface area contributed by atoms with Gasteiger partial charge in [0.1, 0.15) is 0 Å². The van der Waals surface area contributed by atoms with Gasteiger partial charge in [0.15, 0.2) is 0 Å². The average molecular weight is 278 g/mol. The van der Waals surface area contributed by atoms with E-state index < -0.39 is 0 Å². The van der Waals surface area contributed by atoms with E-state index in [0.29, 0.717) is 12.1 Å². The van der Waals surface area contributed by atoms with Crippen LogP contribution in [0.4, 0.5) is 0 Å². The molecule has 1 N–H and O–H groups in total. The fourth-order valence-corrected chi connectivity index (χ4v) is 1.95. The Bertz CT molecular complexity index is 670. The Morgan fingerprint density at radius 3 is 2.80 bits per heavy atom. The molecular weight excluding hydrogens is 260 g/mol. The molecule has 0 radical (unpaired) electrons. The predicted octanol–water partition coefficient (Wildman–Crippen LogP) is -1.14. The van der Waals surface area contributed by atoms with E-state index in [4.69, 9.17) is 0 Å². The minimum Gasteiger partial charge on any atom is -0.312 e. The lowest BCUT2D eigenvalue weighted by Crippen LogP contribution is -2.39. The number of hydrogen-bond acceptors (Lipinski definition) is 5. The number of nitrogens with zero attached hydrogens (tertiary/aromatic N) is 5. The molecular formula is C12H18N6O2. The van der Waals surface area contributed by atoms with E-state index in [9.17, 15) is 9.59 Å². The van der Waals surface area contributed by atoms with Crippen molar-refractivity contribution >= 4 is 0 Å². The lowest BCUT2D eigenvalue weighted by Gasteiger charge is -2.08. The van der Waals surface area contributed by atoms with Crippen LogP contribution in [0.3, 0.4) is 0 Å². The van der Waals surface area contributed by atoms with Crippen LogP contribution < -0.4 is 16.6 Å². The van der Waals surface area contributed by atoms with Gasteiger partial charge in [-0.3, -0.25) is 14.0 Å². The van der Waals surface area contributed by atoms with E-state index in [1.807, 2.05) is 6.20 Å². The molecule has 20 heavy (non-hydrogen) atoms. The summed E-state index contributed by atoms with van der Waals surface area (Å²) in [6, 6.07) is 0. The number of hydrogen-bond donors (Lipinski definition) is 1. The zero-order chi connectivity index (χ0) is 14.5.